The van der Waals surface area contributed by atoms with E-state index in [0.717, 1.165) is 22.9 Å². The maximum absolute atomic E-state index is 12.9. The highest BCUT2D eigenvalue weighted by molar-refractivity contribution is 9.10. The number of pyridine rings is 1. The maximum Gasteiger partial charge on any atom is 0.256 e. The quantitative estimate of drug-likeness (QED) is 0.644. The largest absolute Gasteiger partial charge is 0.337 e. The Balaban J connectivity index is 1.59. The lowest BCUT2D eigenvalue weighted by molar-refractivity contribution is 0.0709. The molecule has 0 N–H and O–H groups in total. The van der Waals surface area contributed by atoms with Gasteiger partial charge in [-0.3, -0.25) is 9.78 Å². The third-order valence-electron chi connectivity index (χ3n) is 4.50. The Kier molecular flexibility index (Phi) is 4.55. The van der Waals surface area contributed by atoms with Gasteiger partial charge in [0.05, 0.1) is 5.56 Å². The maximum atomic E-state index is 12.9. The number of carbonyl (C=O) groups excluding carboxylic acids is 1. The van der Waals surface area contributed by atoms with Gasteiger partial charge < -0.3 is 9.42 Å². The van der Waals surface area contributed by atoms with Crippen molar-refractivity contribution >= 4 is 21.8 Å². The summed E-state index contributed by atoms with van der Waals surface area (Å²) >= 11 is 3.36. The Labute approximate surface area is 159 Å². The topological polar surface area (TPSA) is 72.1 Å². The minimum absolute atomic E-state index is 0.0728. The summed E-state index contributed by atoms with van der Waals surface area (Å²) in [4.78, 5) is 23.3. The molecule has 1 aromatic carbocycles. The zero-order valence-corrected chi connectivity index (χ0v) is 15.8. The van der Waals surface area contributed by atoms with Crippen LogP contribution in [0.15, 0.2) is 51.7 Å². The van der Waals surface area contributed by atoms with Crippen LogP contribution in [-0.2, 0) is 0 Å². The molecule has 132 valence electrons. The van der Waals surface area contributed by atoms with Crippen molar-refractivity contribution in [2.75, 3.05) is 6.54 Å². The van der Waals surface area contributed by atoms with Crippen LogP contribution in [0.4, 0.5) is 0 Å². The number of halogens is 1. The summed E-state index contributed by atoms with van der Waals surface area (Å²) in [5, 5.41) is 4.10. The van der Waals surface area contributed by atoms with Gasteiger partial charge in [0.1, 0.15) is 6.04 Å². The molecule has 1 aliphatic rings. The zero-order valence-electron chi connectivity index (χ0n) is 14.2. The number of aryl methyl sites for hydroxylation is 1. The summed E-state index contributed by atoms with van der Waals surface area (Å²) in [5.41, 5.74) is 2.62. The second kappa shape index (κ2) is 6.99. The number of carbonyl (C=O) groups is 1. The fourth-order valence-corrected chi connectivity index (χ4v) is 3.52. The molecular formula is C19H17BrN4O2. The Morgan fingerprint density at radius 3 is 2.85 bits per heavy atom. The first kappa shape index (κ1) is 16.9. The van der Waals surface area contributed by atoms with E-state index in [4.69, 9.17) is 4.52 Å². The van der Waals surface area contributed by atoms with E-state index in [0.29, 0.717) is 23.8 Å². The van der Waals surface area contributed by atoms with Crippen LogP contribution in [0.3, 0.4) is 0 Å². The molecule has 1 saturated heterocycles. The number of aromatic nitrogens is 3. The molecule has 7 heteroatoms. The molecule has 1 amide bonds. The molecule has 3 heterocycles. The van der Waals surface area contributed by atoms with Crippen LogP contribution in [-0.4, -0.2) is 32.5 Å². The molecule has 1 atom stereocenters. The van der Waals surface area contributed by atoms with E-state index in [-0.39, 0.29) is 11.9 Å². The van der Waals surface area contributed by atoms with Crippen LogP contribution in [0.25, 0.3) is 11.4 Å². The highest BCUT2D eigenvalue weighted by Gasteiger charge is 2.34. The van der Waals surface area contributed by atoms with Crippen LogP contribution in [0.2, 0.25) is 0 Å². The Bertz CT molecular complexity index is 939. The van der Waals surface area contributed by atoms with Gasteiger partial charge in [-0.2, -0.15) is 4.98 Å². The molecule has 26 heavy (non-hydrogen) atoms. The molecule has 1 aliphatic heterocycles. The van der Waals surface area contributed by atoms with E-state index in [2.05, 4.69) is 31.1 Å². The van der Waals surface area contributed by atoms with Crippen LogP contribution < -0.4 is 0 Å². The van der Waals surface area contributed by atoms with Crippen molar-refractivity contribution in [3.8, 4) is 11.4 Å². The summed E-state index contributed by atoms with van der Waals surface area (Å²) < 4.78 is 6.27. The van der Waals surface area contributed by atoms with Gasteiger partial charge >= 0.3 is 0 Å². The minimum atomic E-state index is -0.201. The number of amides is 1. The van der Waals surface area contributed by atoms with Gasteiger partial charge in [-0.15, -0.1) is 0 Å². The lowest BCUT2D eigenvalue weighted by Crippen LogP contribution is -2.30. The van der Waals surface area contributed by atoms with Crippen LogP contribution in [0.1, 0.15) is 40.7 Å². The molecule has 0 unspecified atom stereocenters. The molecule has 0 bridgehead atoms. The first-order valence-electron chi connectivity index (χ1n) is 8.44. The smallest absolute Gasteiger partial charge is 0.256 e. The molecule has 3 aromatic rings. The van der Waals surface area contributed by atoms with Crippen LogP contribution >= 0.6 is 15.9 Å². The van der Waals surface area contributed by atoms with Gasteiger partial charge in [-0.1, -0.05) is 35.0 Å². The summed E-state index contributed by atoms with van der Waals surface area (Å²) in [6.07, 6.45) is 4.95. The number of rotatable bonds is 3. The van der Waals surface area contributed by atoms with Crippen molar-refractivity contribution in [2.45, 2.75) is 25.8 Å². The Hall–Kier alpha value is -2.54. The predicted molar refractivity (Wildman–Crippen MR) is 99.4 cm³/mol. The van der Waals surface area contributed by atoms with E-state index >= 15 is 0 Å². The number of nitrogens with zero attached hydrogens (tertiary/aromatic N) is 4. The molecule has 6 nitrogen and oxygen atoms in total. The minimum Gasteiger partial charge on any atom is -0.337 e. The van der Waals surface area contributed by atoms with Gasteiger partial charge in [0.15, 0.2) is 0 Å². The van der Waals surface area contributed by atoms with Crippen molar-refractivity contribution < 1.29 is 9.32 Å². The fourth-order valence-electron chi connectivity index (χ4n) is 3.15. The van der Waals surface area contributed by atoms with Crippen LogP contribution in [0.5, 0.6) is 0 Å². The molecule has 2 aromatic heterocycles. The lowest BCUT2D eigenvalue weighted by atomic mass is 10.1. The molecule has 0 radical (unpaired) electrons. The monoisotopic (exact) mass is 412 g/mol. The molecule has 0 aliphatic carbocycles. The Morgan fingerprint density at radius 1 is 1.27 bits per heavy atom. The predicted octanol–water partition coefficient (Wildman–Crippen LogP) is 4.18. The lowest BCUT2D eigenvalue weighted by Gasteiger charge is -2.21. The standard InChI is InChI=1S/C19H17BrN4O2/c1-12-4-6-13(7-5-12)17-22-18(26-23-17)16-3-2-8-24(16)19(25)14-9-15(20)11-21-10-14/h4-7,9-11,16H,2-3,8H2,1H3/t16-/m1/s1. The van der Waals surface area contributed by atoms with Crippen molar-refractivity contribution in [1.29, 1.82) is 0 Å². The molecule has 0 saturated carbocycles. The van der Waals surface area contributed by atoms with Crippen molar-refractivity contribution in [3.05, 3.63) is 64.2 Å². The first-order valence-corrected chi connectivity index (χ1v) is 9.23. The highest BCUT2D eigenvalue weighted by Crippen LogP contribution is 2.33. The van der Waals surface area contributed by atoms with Gasteiger partial charge in [0.2, 0.25) is 11.7 Å². The average Bonchev–Trinajstić information content (AvgIpc) is 3.31. The molecule has 0 spiro atoms. The molecule has 4 rings (SSSR count). The van der Waals surface area contributed by atoms with E-state index in [1.807, 2.05) is 31.2 Å². The third kappa shape index (κ3) is 3.26. The van der Waals surface area contributed by atoms with Crippen molar-refractivity contribution in [2.24, 2.45) is 0 Å². The van der Waals surface area contributed by atoms with E-state index < -0.39 is 0 Å². The number of likely N-dealkylation sites (tertiary alicyclic amines) is 1. The third-order valence-corrected chi connectivity index (χ3v) is 4.94. The number of benzene rings is 1. The number of hydrogen-bond acceptors (Lipinski definition) is 5. The summed E-state index contributed by atoms with van der Waals surface area (Å²) in [7, 11) is 0. The van der Waals surface area contributed by atoms with Gasteiger partial charge in [-0.05, 0) is 41.8 Å². The van der Waals surface area contributed by atoms with E-state index in [1.54, 1.807) is 23.4 Å². The average molecular weight is 413 g/mol. The number of hydrogen-bond donors (Lipinski definition) is 0. The SMILES string of the molecule is Cc1ccc(-c2noc([C@H]3CCCN3C(=O)c3cncc(Br)c3)n2)cc1. The first-order chi connectivity index (χ1) is 12.6. The molecule has 1 fully saturated rings. The normalized spacial score (nSPS) is 16.8. The highest BCUT2D eigenvalue weighted by atomic mass is 79.9. The second-order valence-electron chi connectivity index (χ2n) is 6.37. The summed E-state index contributed by atoms with van der Waals surface area (Å²) in [6, 6.07) is 9.53. The van der Waals surface area contributed by atoms with Gasteiger partial charge in [-0.25, -0.2) is 0 Å². The van der Waals surface area contributed by atoms with Gasteiger partial charge in [0, 0.05) is 29.0 Å². The second-order valence-corrected chi connectivity index (χ2v) is 7.29. The van der Waals surface area contributed by atoms with E-state index in [1.165, 1.54) is 5.56 Å². The van der Waals surface area contributed by atoms with Gasteiger partial charge in [0.25, 0.3) is 5.91 Å². The van der Waals surface area contributed by atoms with E-state index in [9.17, 15) is 4.79 Å². The van der Waals surface area contributed by atoms with Crippen molar-refractivity contribution in [3.63, 3.8) is 0 Å². The summed E-state index contributed by atoms with van der Waals surface area (Å²) in [5.74, 6) is 0.953. The van der Waals surface area contributed by atoms with Crippen molar-refractivity contribution in [1.82, 2.24) is 20.0 Å². The zero-order chi connectivity index (χ0) is 18.1. The fraction of sp³-hybridized carbons (Fsp3) is 0.263. The van der Waals surface area contributed by atoms with Crippen LogP contribution in [0, 0.1) is 6.92 Å². The molecular weight excluding hydrogens is 396 g/mol. The summed E-state index contributed by atoms with van der Waals surface area (Å²) in [6.45, 7) is 2.70. The Morgan fingerprint density at radius 2 is 2.08 bits per heavy atom.